The number of nitriles is 1. The molecule has 1 atom stereocenters. The lowest BCUT2D eigenvalue weighted by Gasteiger charge is -2.13. The van der Waals surface area contributed by atoms with E-state index in [9.17, 15) is 4.79 Å². The molecule has 1 aromatic rings. The van der Waals surface area contributed by atoms with Crippen molar-refractivity contribution in [2.24, 2.45) is 0 Å². The average Bonchev–Trinajstić information content (AvgIpc) is 2.32. The largest absolute Gasteiger partial charge is 0.465 e. The molecule has 0 aromatic heterocycles. The van der Waals surface area contributed by atoms with Gasteiger partial charge in [0, 0.05) is 0 Å². The molecule has 0 radical (unpaired) electrons. The molecule has 1 N–H and O–H groups in total. The van der Waals surface area contributed by atoms with Crippen molar-refractivity contribution in [1.29, 1.82) is 5.26 Å². The lowest BCUT2D eigenvalue weighted by atomic mass is 10.0. The first kappa shape index (κ1) is 13.2. The van der Waals surface area contributed by atoms with Gasteiger partial charge in [0.05, 0.1) is 19.2 Å². The van der Waals surface area contributed by atoms with E-state index in [1.54, 1.807) is 6.92 Å². The highest BCUT2D eigenvalue weighted by atomic mass is 16.5. The van der Waals surface area contributed by atoms with Gasteiger partial charge in [-0.05, 0) is 25.0 Å². The Balaban J connectivity index is 2.65. The van der Waals surface area contributed by atoms with Gasteiger partial charge < -0.3 is 4.74 Å². The Hall–Kier alpha value is -1.86. The van der Waals surface area contributed by atoms with Crippen molar-refractivity contribution in [3.05, 3.63) is 35.4 Å². The van der Waals surface area contributed by atoms with Crippen LogP contribution in [-0.2, 0) is 9.53 Å². The van der Waals surface area contributed by atoms with E-state index in [0.29, 0.717) is 6.61 Å². The van der Waals surface area contributed by atoms with Gasteiger partial charge in [0.15, 0.2) is 0 Å². The highest BCUT2D eigenvalue weighted by Gasteiger charge is 2.13. The summed E-state index contributed by atoms with van der Waals surface area (Å²) in [7, 11) is 0. The van der Waals surface area contributed by atoms with Crippen LogP contribution < -0.4 is 5.32 Å². The molecule has 0 saturated carbocycles. The van der Waals surface area contributed by atoms with Gasteiger partial charge in [0.1, 0.15) is 6.04 Å². The van der Waals surface area contributed by atoms with E-state index in [0.717, 1.165) is 11.1 Å². The van der Waals surface area contributed by atoms with Crippen molar-refractivity contribution in [2.75, 3.05) is 13.2 Å². The van der Waals surface area contributed by atoms with Crippen LogP contribution in [0.25, 0.3) is 0 Å². The van der Waals surface area contributed by atoms with Crippen LogP contribution in [0.4, 0.5) is 0 Å². The molecule has 0 fully saturated rings. The summed E-state index contributed by atoms with van der Waals surface area (Å²) in [6, 6.07) is 9.25. The molecule has 0 aliphatic heterocycles. The van der Waals surface area contributed by atoms with Gasteiger partial charge >= 0.3 is 5.97 Å². The highest BCUT2D eigenvalue weighted by molar-refractivity contribution is 5.71. The molecule has 0 bridgehead atoms. The maximum absolute atomic E-state index is 11.2. The quantitative estimate of drug-likeness (QED) is 0.785. The van der Waals surface area contributed by atoms with Crippen molar-refractivity contribution in [3.63, 3.8) is 0 Å². The molecule has 0 heterocycles. The minimum absolute atomic E-state index is 0.0421. The zero-order valence-corrected chi connectivity index (χ0v) is 10.1. The molecule has 4 nitrogen and oxygen atoms in total. The lowest BCUT2D eigenvalue weighted by molar-refractivity contribution is -0.142. The molecule has 1 unspecified atom stereocenters. The maximum Gasteiger partial charge on any atom is 0.319 e. The normalized spacial score (nSPS) is 11.6. The van der Waals surface area contributed by atoms with Crippen LogP contribution in [0.2, 0.25) is 0 Å². The fourth-order valence-corrected chi connectivity index (χ4v) is 1.53. The van der Waals surface area contributed by atoms with Crippen LogP contribution in [0.15, 0.2) is 24.3 Å². The monoisotopic (exact) mass is 232 g/mol. The van der Waals surface area contributed by atoms with E-state index in [4.69, 9.17) is 10.00 Å². The second-order valence-electron chi connectivity index (χ2n) is 3.60. The second-order valence-corrected chi connectivity index (χ2v) is 3.60. The number of esters is 1. The molecule has 4 heteroatoms. The number of carbonyl (C=O) groups excluding carboxylic acids is 1. The summed E-state index contributed by atoms with van der Waals surface area (Å²) in [5.41, 5.74) is 1.91. The van der Waals surface area contributed by atoms with Gasteiger partial charge in [0.2, 0.25) is 0 Å². The minimum Gasteiger partial charge on any atom is -0.465 e. The van der Waals surface area contributed by atoms with Crippen molar-refractivity contribution in [3.8, 4) is 6.07 Å². The molecular weight excluding hydrogens is 216 g/mol. The van der Waals surface area contributed by atoms with Crippen LogP contribution >= 0.6 is 0 Å². The third-order valence-corrected chi connectivity index (χ3v) is 2.38. The van der Waals surface area contributed by atoms with Crippen LogP contribution in [-0.4, -0.2) is 19.1 Å². The van der Waals surface area contributed by atoms with Crippen molar-refractivity contribution in [2.45, 2.75) is 19.9 Å². The SMILES string of the molecule is CCOC(=O)CNC(C#N)c1ccccc1C. The summed E-state index contributed by atoms with van der Waals surface area (Å²) in [6.07, 6.45) is 0. The maximum atomic E-state index is 11.2. The Kier molecular flexibility index (Phi) is 5.18. The van der Waals surface area contributed by atoms with Crippen LogP contribution in [0, 0.1) is 18.3 Å². The predicted molar refractivity (Wildman–Crippen MR) is 64.2 cm³/mol. The predicted octanol–water partition coefficient (Wildman–Crippen LogP) is 1.71. The van der Waals surface area contributed by atoms with E-state index in [1.165, 1.54) is 0 Å². The van der Waals surface area contributed by atoms with Crippen LogP contribution in [0.5, 0.6) is 0 Å². The molecule has 0 amide bonds. The molecule has 0 aliphatic rings. The van der Waals surface area contributed by atoms with Gasteiger partial charge in [-0.1, -0.05) is 24.3 Å². The van der Waals surface area contributed by atoms with E-state index in [2.05, 4.69) is 11.4 Å². The number of benzene rings is 1. The average molecular weight is 232 g/mol. The summed E-state index contributed by atoms with van der Waals surface area (Å²) < 4.78 is 4.79. The number of nitrogens with zero attached hydrogens (tertiary/aromatic N) is 1. The fourth-order valence-electron chi connectivity index (χ4n) is 1.53. The van der Waals surface area contributed by atoms with Crippen molar-refractivity contribution < 1.29 is 9.53 Å². The zero-order chi connectivity index (χ0) is 12.7. The first-order valence-corrected chi connectivity index (χ1v) is 5.53. The molecule has 1 rings (SSSR count). The van der Waals surface area contributed by atoms with Crippen molar-refractivity contribution in [1.82, 2.24) is 5.32 Å². The lowest BCUT2D eigenvalue weighted by Crippen LogP contribution is -2.28. The highest BCUT2D eigenvalue weighted by Crippen LogP contribution is 2.16. The summed E-state index contributed by atoms with van der Waals surface area (Å²) in [5, 5.41) is 12.0. The van der Waals surface area contributed by atoms with E-state index in [1.807, 2.05) is 31.2 Å². The Bertz CT molecular complexity index is 424. The number of nitrogens with one attached hydrogen (secondary N) is 1. The summed E-state index contributed by atoms with van der Waals surface area (Å²) in [5.74, 6) is -0.346. The van der Waals surface area contributed by atoms with Gasteiger partial charge in [-0.15, -0.1) is 0 Å². The molecule has 0 spiro atoms. The number of aryl methyl sites for hydroxylation is 1. The molecule has 0 aliphatic carbocycles. The number of carbonyl (C=O) groups is 1. The summed E-state index contributed by atoms with van der Waals surface area (Å²) >= 11 is 0. The Morgan fingerprint density at radius 3 is 2.82 bits per heavy atom. The minimum atomic E-state index is -0.486. The van der Waals surface area contributed by atoms with Gasteiger partial charge in [-0.2, -0.15) is 5.26 Å². The van der Waals surface area contributed by atoms with E-state index >= 15 is 0 Å². The van der Waals surface area contributed by atoms with Crippen LogP contribution in [0.3, 0.4) is 0 Å². The Labute approximate surface area is 101 Å². The third-order valence-electron chi connectivity index (χ3n) is 2.38. The first-order chi connectivity index (χ1) is 8.19. The topological polar surface area (TPSA) is 62.1 Å². The zero-order valence-electron chi connectivity index (χ0n) is 10.1. The van der Waals surface area contributed by atoms with E-state index in [-0.39, 0.29) is 12.5 Å². The number of rotatable bonds is 5. The molecule has 0 saturated heterocycles. The summed E-state index contributed by atoms with van der Waals surface area (Å²) in [4.78, 5) is 11.2. The molecule has 1 aromatic carbocycles. The van der Waals surface area contributed by atoms with Crippen molar-refractivity contribution >= 4 is 5.97 Å². The summed E-state index contributed by atoms with van der Waals surface area (Å²) in [6.45, 7) is 4.08. The van der Waals surface area contributed by atoms with Gasteiger partial charge in [0.25, 0.3) is 0 Å². The van der Waals surface area contributed by atoms with Gasteiger partial charge in [-0.3, -0.25) is 10.1 Å². The molecular formula is C13H16N2O2. The number of hydrogen-bond acceptors (Lipinski definition) is 4. The standard InChI is InChI=1S/C13H16N2O2/c1-3-17-13(16)9-15-12(8-14)11-7-5-4-6-10(11)2/h4-7,12,15H,3,9H2,1-2H3. The number of ether oxygens (including phenoxy) is 1. The second kappa shape index (κ2) is 6.66. The van der Waals surface area contributed by atoms with E-state index < -0.39 is 6.04 Å². The molecule has 17 heavy (non-hydrogen) atoms. The van der Waals surface area contributed by atoms with Gasteiger partial charge in [-0.25, -0.2) is 0 Å². The Morgan fingerprint density at radius 2 is 2.24 bits per heavy atom. The Morgan fingerprint density at radius 1 is 1.53 bits per heavy atom. The van der Waals surface area contributed by atoms with Crippen LogP contribution in [0.1, 0.15) is 24.1 Å². The smallest absolute Gasteiger partial charge is 0.319 e. The first-order valence-electron chi connectivity index (χ1n) is 5.53. The number of hydrogen-bond donors (Lipinski definition) is 1. The fraction of sp³-hybridized carbons (Fsp3) is 0.385. The molecule has 90 valence electrons. The third kappa shape index (κ3) is 3.89.